The third-order valence-corrected chi connectivity index (χ3v) is 31.4. The maximum absolute atomic E-state index is 9.02. The van der Waals surface area contributed by atoms with Crippen molar-refractivity contribution >= 4 is 207 Å². The zero-order chi connectivity index (χ0) is 95.9. The predicted molar refractivity (Wildman–Crippen MR) is 616 cm³/mol. The molecule has 2 aliphatic rings. The summed E-state index contributed by atoms with van der Waals surface area (Å²) in [7, 11) is 0. The van der Waals surface area contributed by atoms with E-state index in [1.54, 1.807) is 0 Å². The van der Waals surface area contributed by atoms with Crippen LogP contribution in [0.15, 0.2) is 525 Å². The molecule has 22 rings (SSSR count). The van der Waals surface area contributed by atoms with E-state index in [0.717, 1.165) is 74.8 Å². The number of benzene rings is 20. The second kappa shape index (κ2) is 43.8. The van der Waals surface area contributed by atoms with Gasteiger partial charge in [-0.3, -0.25) is 0 Å². The standard InChI is InChI=1S/C25H14Br4.C25H16Br2.2C24H15Br3.C24H17Br/c26-17-9-15(10-18(27)13-17)25(16-11-19(28)14-20(29)12-16)23-7-3-1-5-21(23)22-6-2-4-8-24(22)25;26-19-9-5-7-17(15-19)25(18-8-6-10-20(27)16-18)23-13-3-1-11-21(23)22-12-2-4-14-24(22)25;2*25-22-10-4-1-7-19(22)16-13-17(20-8-2-5-11-23(20)26)15-18(14-16)21-9-3-6-12-24(21)27;25-24-13-7-12-20(17-24)23-15-21(18-8-3-1-4-9-18)14-22(16-23)19-10-5-2-6-11-19/h1-14H;1-16H;2*1-15H;1-17H/i;;13D,14D,15D;;. The highest BCUT2D eigenvalue weighted by Gasteiger charge is 2.48. The van der Waals surface area contributed by atoms with Crippen molar-refractivity contribution in [1.29, 1.82) is 0 Å². The van der Waals surface area contributed by atoms with Crippen LogP contribution in [0.3, 0.4) is 0 Å². The Labute approximate surface area is 903 Å². The van der Waals surface area contributed by atoms with Gasteiger partial charge in [-0.2, -0.15) is 0 Å². The molecular weight excluding hydrogens is 2500 g/mol. The summed E-state index contributed by atoms with van der Waals surface area (Å²) >= 11 is 47.7. The van der Waals surface area contributed by atoms with E-state index in [9.17, 15) is 0 Å². The van der Waals surface area contributed by atoms with Gasteiger partial charge >= 0.3 is 0 Å². The van der Waals surface area contributed by atoms with Crippen LogP contribution in [0.2, 0.25) is 0 Å². The molecule has 0 atom stereocenters. The Morgan fingerprint density at radius 3 is 0.615 bits per heavy atom. The smallest absolute Gasteiger partial charge is 0.0622 e. The van der Waals surface area contributed by atoms with E-state index >= 15 is 0 Å². The van der Waals surface area contributed by atoms with E-state index in [1.807, 2.05) is 91.0 Å². The lowest BCUT2D eigenvalue weighted by Crippen LogP contribution is -2.28. The summed E-state index contributed by atoms with van der Waals surface area (Å²) in [6, 6.07) is 157. The van der Waals surface area contributed by atoms with Crippen molar-refractivity contribution in [1.82, 2.24) is 0 Å². The van der Waals surface area contributed by atoms with E-state index in [2.05, 4.69) is 565 Å². The van der Waals surface area contributed by atoms with Crippen LogP contribution in [0.25, 0.3) is 122 Å². The third kappa shape index (κ3) is 21.0. The molecule has 0 saturated heterocycles. The zero-order valence-electron chi connectivity index (χ0n) is 74.6. The van der Waals surface area contributed by atoms with Gasteiger partial charge in [0.15, 0.2) is 0 Å². The van der Waals surface area contributed by atoms with Gasteiger partial charge in [0.1, 0.15) is 0 Å². The molecule has 0 fully saturated rings. The fourth-order valence-electron chi connectivity index (χ4n) is 18.1. The normalized spacial score (nSPS) is 12.3. The summed E-state index contributed by atoms with van der Waals surface area (Å²) in [6.45, 7) is 0. The van der Waals surface area contributed by atoms with Crippen LogP contribution in [0.4, 0.5) is 0 Å². The monoisotopic (exact) mass is 2570 g/mol. The first kappa shape index (κ1) is 92.0. The molecule has 0 bridgehead atoms. The van der Waals surface area contributed by atoms with E-state index in [0.29, 0.717) is 16.7 Å². The summed E-state index contributed by atoms with van der Waals surface area (Å²) in [5.74, 6) is 0. The van der Waals surface area contributed by atoms with Gasteiger partial charge < -0.3 is 0 Å². The number of rotatable bonds is 13. The molecule has 0 heterocycles. The average Bonchev–Trinajstić information content (AvgIpc) is 1.54. The van der Waals surface area contributed by atoms with Crippen molar-refractivity contribution in [2.24, 2.45) is 0 Å². The third-order valence-electron chi connectivity index (χ3n) is 24.0. The summed E-state index contributed by atoms with van der Waals surface area (Å²) in [5, 5.41) is 0. The predicted octanol–water partition coefficient (Wildman–Crippen LogP) is 42.1. The molecule has 656 valence electrons. The van der Waals surface area contributed by atoms with Gasteiger partial charge in [0.05, 0.1) is 14.9 Å². The molecule has 0 nitrogen and oxygen atoms in total. The van der Waals surface area contributed by atoms with Gasteiger partial charge in [0, 0.05) is 58.1 Å². The van der Waals surface area contributed by atoms with Gasteiger partial charge in [0.2, 0.25) is 0 Å². The van der Waals surface area contributed by atoms with Crippen molar-refractivity contribution in [3.8, 4) is 122 Å². The SMILES string of the molecule is Brc1cc(Br)cc(C2(c3cc(Br)cc(Br)c3)c3ccccc3-c3ccccc32)c1.Brc1cccc(-c2cc(-c3ccccc3)cc(-c3ccccc3)c2)c1.Brc1cccc(C2(c3cccc(Br)c3)c3ccccc3-c3ccccc32)c1.Brc1ccccc1-c1cc(-c2ccccc2Br)cc(-c2ccccc2Br)c1.[2H]c1c(-c2ccccc2Br)c([2H])c(-c2ccccc2Br)c([2H])c1-c1ccccc1Br. The molecule has 2 aliphatic carbocycles. The van der Waals surface area contributed by atoms with Crippen molar-refractivity contribution in [2.45, 2.75) is 10.8 Å². The Hall–Kier alpha value is -9.36. The maximum atomic E-state index is 9.02. The first-order chi connectivity index (χ1) is 67.0. The minimum Gasteiger partial charge on any atom is -0.0622 e. The van der Waals surface area contributed by atoms with Crippen molar-refractivity contribution < 1.29 is 4.11 Å². The van der Waals surface area contributed by atoms with Gasteiger partial charge in [-0.1, -0.05) is 510 Å². The van der Waals surface area contributed by atoms with Crippen LogP contribution in [0.5, 0.6) is 0 Å². The lowest BCUT2D eigenvalue weighted by Gasteiger charge is -2.34. The Balaban J connectivity index is 0.000000115. The Morgan fingerprint density at radius 1 is 0.133 bits per heavy atom. The van der Waals surface area contributed by atoms with Crippen LogP contribution in [0.1, 0.15) is 48.6 Å². The van der Waals surface area contributed by atoms with Crippen LogP contribution in [0, 0.1) is 0 Å². The lowest BCUT2D eigenvalue weighted by molar-refractivity contribution is 0.765. The summed E-state index contributed by atoms with van der Waals surface area (Å²) < 4.78 is 40.2. The van der Waals surface area contributed by atoms with Gasteiger partial charge in [-0.25, -0.2) is 0 Å². The van der Waals surface area contributed by atoms with Gasteiger partial charge in [-0.15, -0.1) is 0 Å². The van der Waals surface area contributed by atoms with E-state index in [1.165, 1.54) is 134 Å². The van der Waals surface area contributed by atoms with Crippen LogP contribution < -0.4 is 0 Å². The van der Waals surface area contributed by atoms with Gasteiger partial charge in [-0.05, 0) is 331 Å². The number of hydrogen-bond donors (Lipinski definition) is 0. The summed E-state index contributed by atoms with van der Waals surface area (Å²) in [4.78, 5) is 0. The molecule has 0 aliphatic heterocycles. The average molecular weight is 2580 g/mol. The van der Waals surface area contributed by atoms with Crippen molar-refractivity contribution in [3.05, 3.63) is 570 Å². The quantitative estimate of drug-likeness (QED) is 0.108. The molecule has 20 aromatic carbocycles. The number of hydrogen-bond acceptors (Lipinski definition) is 0. The summed E-state index contributed by atoms with van der Waals surface area (Å²) in [5.41, 5.74) is 32.9. The number of halogens is 13. The Morgan fingerprint density at radius 2 is 0.341 bits per heavy atom. The fourth-order valence-corrected chi connectivity index (χ4v) is 24.9. The molecule has 0 amide bonds. The molecular formula is C122H77Br13. The minimum absolute atomic E-state index is 0.166. The molecule has 0 aromatic heterocycles. The second-order valence-corrected chi connectivity index (χ2v) is 43.8. The van der Waals surface area contributed by atoms with Crippen molar-refractivity contribution in [2.75, 3.05) is 0 Å². The zero-order valence-corrected chi connectivity index (χ0v) is 92.3. The highest BCUT2D eigenvalue weighted by atomic mass is 79.9. The molecule has 20 aromatic rings. The lowest BCUT2D eigenvalue weighted by atomic mass is 9.68. The molecule has 0 unspecified atom stereocenters. The first-order valence-electron chi connectivity index (χ1n) is 44.7. The van der Waals surface area contributed by atoms with Crippen LogP contribution >= 0.6 is 207 Å². The minimum atomic E-state index is -0.411. The summed E-state index contributed by atoms with van der Waals surface area (Å²) in [6.07, 6.45) is 0. The molecule has 0 spiro atoms. The molecule has 0 saturated carbocycles. The fraction of sp³-hybridized carbons (Fsp3) is 0.0164. The van der Waals surface area contributed by atoms with E-state index in [-0.39, 0.29) is 23.5 Å². The highest BCUT2D eigenvalue weighted by molar-refractivity contribution is 9.12. The molecule has 0 N–H and O–H groups in total. The van der Waals surface area contributed by atoms with Crippen LogP contribution in [-0.4, -0.2) is 0 Å². The van der Waals surface area contributed by atoms with Gasteiger partial charge in [0.25, 0.3) is 0 Å². The maximum Gasteiger partial charge on any atom is 0.0715 e. The van der Waals surface area contributed by atoms with E-state index in [4.69, 9.17) is 4.11 Å². The molecule has 0 radical (unpaired) electrons. The van der Waals surface area contributed by atoms with E-state index < -0.39 is 5.41 Å². The Kier molecular flexibility index (Phi) is 29.8. The largest absolute Gasteiger partial charge is 0.0715 e. The number of fused-ring (bicyclic) bond motifs is 6. The Bertz CT molecular complexity index is 7340. The first-order valence-corrected chi connectivity index (χ1v) is 53.5. The van der Waals surface area contributed by atoms with Crippen molar-refractivity contribution in [3.63, 3.8) is 0 Å². The topological polar surface area (TPSA) is 0 Å². The highest BCUT2D eigenvalue weighted by Crippen LogP contribution is 2.59. The molecule has 13 heteroatoms. The van der Waals surface area contributed by atoms with Crippen LogP contribution in [-0.2, 0) is 10.8 Å². The second-order valence-electron chi connectivity index (χ2n) is 32.2. The molecule has 135 heavy (non-hydrogen) atoms.